The third-order valence-corrected chi connectivity index (χ3v) is 5.01. The first-order valence-electron chi connectivity index (χ1n) is 8.41. The number of amides is 1. The van der Waals surface area contributed by atoms with Crippen molar-refractivity contribution in [1.82, 2.24) is 4.90 Å². The monoisotopic (exact) mass is 317 g/mol. The number of piperidine rings is 1. The molecule has 2 aliphatic rings. The molecule has 1 aromatic rings. The van der Waals surface area contributed by atoms with E-state index in [1.165, 1.54) is 37.8 Å². The van der Waals surface area contributed by atoms with E-state index in [0.717, 1.165) is 19.4 Å². The molecule has 1 N–H and O–H groups in total. The number of hydrogen-bond acceptors (Lipinski definition) is 4. The fourth-order valence-corrected chi connectivity index (χ4v) is 3.87. The van der Waals surface area contributed by atoms with Gasteiger partial charge in [-0.15, -0.1) is 0 Å². The number of carbonyl (C=O) groups excluding carboxylic acids is 2. The molecule has 1 saturated carbocycles. The number of phenols is 1. The molecule has 2 fully saturated rings. The molecule has 3 rings (SSSR count). The van der Waals surface area contributed by atoms with Crippen LogP contribution in [-0.2, 0) is 9.53 Å². The summed E-state index contributed by atoms with van der Waals surface area (Å²) < 4.78 is 5.11. The summed E-state index contributed by atoms with van der Waals surface area (Å²) in [6.45, 7) is 0.504. The lowest BCUT2D eigenvalue weighted by Gasteiger charge is -2.44. The minimum Gasteiger partial charge on any atom is -0.507 e. The normalized spacial score (nSPS) is 23.9. The van der Waals surface area contributed by atoms with Gasteiger partial charge in [0.1, 0.15) is 11.3 Å². The summed E-state index contributed by atoms with van der Waals surface area (Å²) >= 11 is 0. The van der Waals surface area contributed by atoms with Crippen LogP contribution >= 0.6 is 0 Å². The predicted molar refractivity (Wildman–Crippen MR) is 85.1 cm³/mol. The molecule has 5 heteroatoms. The molecule has 1 aliphatic heterocycles. The maximum Gasteiger partial charge on any atom is 0.342 e. The topological polar surface area (TPSA) is 66.8 Å². The standard InChI is InChI=1S/C18H23NO4/c20-16-10-4-2-8-14(16)18(22)23-12-17(21)19-11-5-7-13-6-1-3-9-15(13)19/h2,4,8,10,13,15,20H,1,3,5-7,9,11-12H2/t13-,15+/m1/s1. The van der Waals surface area contributed by atoms with E-state index in [1.54, 1.807) is 12.1 Å². The van der Waals surface area contributed by atoms with Gasteiger partial charge in [0.05, 0.1) is 0 Å². The van der Waals surface area contributed by atoms with Gasteiger partial charge in [0.2, 0.25) is 0 Å². The van der Waals surface area contributed by atoms with Gasteiger partial charge in [-0.2, -0.15) is 0 Å². The number of phenolic OH excluding ortho intramolecular Hbond substituents is 1. The fourth-order valence-electron chi connectivity index (χ4n) is 3.87. The van der Waals surface area contributed by atoms with Gasteiger partial charge in [-0.1, -0.05) is 25.0 Å². The quantitative estimate of drug-likeness (QED) is 0.871. The molecule has 1 aliphatic carbocycles. The Balaban J connectivity index is 1.58. The van der Waals surface area contributed by atoms with E-state index in [2.05, 4.69) is 0 Å². The highest BCUT2D eigenvalue weighted by Crippen LogP contribution is 2.35. The summed E-state index contributed by atoms with van der Waals surface area (Å²) in [6.07, 6.45) is 6.91. The molecule has 5 nitrogen and oxygen atoms in total. The van der Waals surface area contributed by atoms with Crippen LogP contribution in [0.5, 0.6) is 5.75 Å². The molecule has 0 spiro atoms. The molecule has 1 amide bonds. The fraction of sp³-hybridized carbons (Fsp3) is 0.556. The van der Waals surface area contributed by atoms with Crippen LogP contribution in [0.25, 0.3) is 0 Å². The minimum absolute atomic E-state index is 0.0921. The van der Waals surface area contributed by atoms with Gasteiger partial charge in [-0.3, -0.25) is 4.79 Å². The number of benzene rings is 1. The number of esters is 1. The number of para-hydroxylation sites is 1. The van der Waals surface area contributed by atoms with E-state index in [9.17, 15) is 14.7 Å². The number of likely N-dealkylation sites (tertiary alicyclic amines) is 1. The van der Waals surface area contributed by atoms with Crippen LogP contribution in [0.15, 0.2) is 24.3 Å². The van der Waals surface area contributed by atoms with Crippen molar-refractivity contribution in [3.05, 3.63) is 29.8 Å². The number of fused-ring (bicyclic) bond motifs is 1. The van der Waals surface area contributed by atoms with E-state index >= 15 is 0 Å². The van der Waals surface area contributed by atoms with Gasteiger partial charge in [-0.25, -0.2) is 4.79 Å². The van der Waals surface area contributed by atoms with Crippen LogP contribution < -0.4 is 0 Å². The Hall–Kier alpha value is -2.04. The zero-order chi connectivity index (χ0) is 16.2. The van der Waals surface area contributed by atoms with Crippen LogP contribution in [0.1, 0.15) is 48.9 Å². The second-order valence-electron chi connectivity index (χ2n) is 6.43. The van der Waals surface area contributed by atoms with E-state index in [0.29, 0.717) is 12.0 Å². The highest BCUT2D eigenvalue weighted by atomic mass is 16.5. The number of rotatable bonds is 3. The van der Waals surface area contributed by atoms with Crippen molar-refractivity contribution in [3.63, 3.8) is 0 Å². The van der Waals surface area contributed by atoms with Crippen molar-refractivity contribution in [3.8, 4) is 5.75 Å². The summed E-state index contributed by atoms with van der Waals surface area (Å²) in [7, 11) is 0. The molecule has 1 aromatic carbocycles. The summed E-state index contributed by atoms with van der Waals surface area (Å²) in [5.74, 6) is -0.301. The molecule has 2 atom stereocenters. The van der Waals surface area contributed by atoms with E-state index in [1.807, 2.05) is 4.90 Å². The smallest absolute Gasteiger partial charge is 0.342 e. The number of carbonyl (C=O) groups is 2. The molecule has 23 heavy (non-hydrogen) atoms. The van der Waals surface area contributed by atoms with Crippen molar-refractivity contribution < 1.29 is 19.4 Å². The van der Waals surface area contributed by atoms with Gasteiger partial charge in [-0.05, 0) is 43.7 Å². The highest BCUT2D eigenvalue weighted by molar-refractivity contribution is 5.93. The van der Waals surface area contributed by atoms with Gasteiger partial charge in [0.25, 0.3) is 5.91 Å². The average molecular weight is 317 g/mol. The van der Waals surface area contributed by atoms with Crippen LogP contribution in [0.2, 0.25) is 0 Å². The lowest BCUT2D eigenvalue weighted by atomic mass is 9.78. The number of hydrogen-bond donors (Lipinski definition) is 1. The van der Waals surface area contributed by atoms with Crippen molar-refractivity contribution >= 4 is 11.9 Å². The van der Waals surface area contributed by atoms with Gasteiger partial charge in [0, 0.05) is 12.6 Å². The maximum atomic E-state index is 12.5. The molecule has 1 heterocycles. The van der Waals surface area contributed by atoms with Crippen LogP contribution in [-0.4, -0.2) is 41.1 Å². The Kier molecular flexibility index (Phi) is 4.84. The van der Waals surface area contributed by atoms with E-state index in [-0.39, 0.29) is 23.8 Å². The number of aromatic hydroxyl groups is 1. The summed E-state index contributed by atoms with van der Waals surface area (Å²) in [4.78, 5) is 26.4. The summed E-state index contributed by atoms with van der Waals surface area (Å²) in [5, 5.41) is 9.65. The first-order chi connectivity index (χ1) is 11.2. The SMILES string of the molecule is O=C(OCC(=O)N1CCC[C@H]2CCCC[C@@H]21)c1ccccc1O. The largest absolute Gasteiger partial charge is 0.507 e. The Morgan fingerprint density at radius 3 is 2.70 bits per heavy atom. The van der Waals surface area contributed by atoms with E-state index < -0.39 is 5.97 Å². The molecule has 0 radical (unpaired) electrons. The molecule has 1 saturated heterocycles. The van der Waals surface area contributed by atoms with Crippen molar-refractivity contribution in [1.29, 1.82) is 0 Å². The molecular weight excluding hydrogens is 294 g/mol. The Morgan fingerprint density at radius 1 is 1.13 bits per heavy atom. The van der Waals surface area contributed by atoms with Gasteiger partial charge in [0.15, 0.2) is 6.61 Å². The van der Waals surface area contributed by atoms with Crippen LogP contribution in [0.4, 0.5) is 0 Å². The van der Waals surface area contributed by atoms with Crippen molar-refractivity contribution in [2.24, 2.45) is 5.92 Å². The Labute approximate surface area is 136 Å². The van der Waals surface area contributed by atoms with Crippen molar-refractivity contribution in [2.45, 2.75) is 44.6 Å². The van der Waals surface area contributed by atoms with Crippen molar-refractivity contribution in [2.75, 3.05) is 13.2 Å². The van der Waals surface area contributed by atoms with Crippen LogP contribution in [0, 0.1) is 5.92 Å². The van der Waals surface area contributed by atoms with E-state index in [4.69, 9.17) is 4.74 Å². The first kappa shape index (κ1) is 15.8. The first-order valence-corrected chi connectivity index (χ1v) is 8.41. The molecule has 0 bridgehead atoms. The van der Waals surface area contributed by atoms with Gasteiger partial charge >= 0.3 is 5.97 Å². The molecule has 124 valence electrons. The second-order valence-corrected chi connectivity index (χ2v) is 6.43. The number of ether oxygens (including phenoxy) is 1. The number of nitrogens with zero attached hydrogens (tertiary/aromatic N) is 1. The third kappa shape index (κ3) is 3.49. The second kappa shape index (κ2) is 7.02. The lowest BCUT2D eigenvalue weighted by Crippen LogP contribution is -2.50. The van der Waals surface area contributed by atoms with Gasteiger partial charge < -0.3 is 14.7 Å². The predicted octanol–water partition coefficient (Wildman–Crippen LogP) is 2.73. The Bertz CT molecular complexity index is 584. The highest BCUT2D eigenvalue weighted by Gasteiger charge is 2.35. The maximum absolute atomic E-state index is 12.5. The summed E-state index contributed by atoms with van der Waals surface area (Å²) in [6, 6.07) is 6.51. The minimum atomic E-state index is -0.659. The molecular formula is C18H23NO4. The zero-order valence-corrected chi connectivity index (χ0v) is 13.2. The lowest BCUT2D eigenvalue weighted by molar-refractivity contribution is -0.140. The Morgan fingerprint density at radius 2 is 1.87 bits per heavy atom. The average Bonchev–Trinajstić information content (AvgIpc) is 2.59. The third-order valence-electron chi connectivity index (χ3n) is 5.01. The summed E-state index contributed by atoms with van der Waals surface area (Å²) in [5.41, 5.74) is 0.0921. The molecule has 0 unspecified atom stereocenters. The van der Waals surface area contributed by atoms with Crippen LogP contribution in [0.3, 0.4) is 0 Å². The zero-order valence-electron chi connectivity index (χ0n) is 13.2. The molecule has 0 aromatic heterocycles.